The summed E-state index contributed by atoms with van der Waals surface area (Å²) < 4.78 is 15.6. The highest BCUT2D eigenvalue weighted by Crippen LogP contribution is 2.48. The van der Waals surface area contributed by atoms with Gasteiger partial charge in [0.05, 0.1) is 30.5 Å². The van der Waals surface area contributed by atoms with Crippen molar-refractivity contribution in [3.05, 3.63) is 16.7 Å². The van der Waals surface area contributed by atoms with E-state index in [2.05, 4.69) is 21.1 Å². The molecule has 96 valence electrons. The van der Waals surface area contributed by atoms with E-state index in [4.69, 9.17) is 19.7 Å². The van der Waals surface area contributed by atoms with Gasteiger partial charge in [0, 0.05) is 11.6 Å². The van der Waals surface area contributed by atoms with Crippen molar-refractivity contribution >= 4 is 21.8 Å². The fraction of sp³-hybridized carbons (Fsp3) is 0.182. The van der Waals surface area contributed by atoms with Gasteiger partial charge in [-0.15, -0.1) is 0 Å². The maximum atomic E-state index is 10.0. The van der Waals surface area contributed by atoms with Crippen LogP contribution in [0, 0.1) is 0 Å². The van der Waals surface area contributed by atoms with Crippen molar-refractivity contribution in [1.82, 2.24) is 5.16 Å². The summed E-state index contributed by atoms with van der Waals surface area (Å²) in [6, 6.07) is 1.44. The van der Waals surface area contributed by atoms with E-state index in [0.29, 0.717) is 27.1 Å². The Morgan fingerprint density at radius 3 is 2.61 bits per heavy atom. The van der Waals surface area contributed by atoms with Crippen LogP contribution in [0.3, 0.4) is 0 Å². The predicted octanol–water partition coefficient (Wildman–Crippen LogP) is 2.41. The molecule has 0 aliphatic rings. The number of nitrogen functional groups attached to an aromatic ring is 1. The molecule has 0 aliphatic heterocycles. The van der Waals surface area contributed by atoms with Crippen LogP contribution in [0.5, 0.6) is 17.2 Å². The quantitative estimate of drug-likeness (QED) is 0.904. The zero-order valence-corrected chi connectivity index (χ0v) is 11.3. The molecular weight excluding hydrogens is 304 g/mol. The molecule has 0 saturated carbocycles. The van der Waals surface area contributed by atoms with Crippen LogP contribution in [-0.2, 0) is 0 Å². The highest BCUT2D eigenvalue weighted by Gasteiger charge is 2.22. The zero-order valence-electron chi connectivity index (χ0n) is 9.73. The van der Waals surface area contributed by atoms with Crippen LogP contribution in [0.4, 0.5) is 5.88 Å². The maximum Gasteiger partial charge on any atom is 0.230 e. The van der Waals surface area contributed by atoms with E-state index in [1.54, 1.807) is 0 Å². The second-order valence-corrected chi connectivity index (χ2v) is 4.22. The van der Waals surface area contributed by atoms with Gasteiger partial charge in [-0.05, 0) is 15.9 Å². The van der Waals surface area contributed by atoms with Crippen LogP contribution in [0.1, 0.15) is 0 Å². The molecule has 0 radical (unpaired) electrons. The molecule has 1 aromatic heterocycles. The SMILES string of the molecule is COc1cc(O)c(-c2cnoc2N)c(Br)c1OC. The minimum absolute atomic E-state index is 0.0191. The fourth-order valence-corrected chi connectivity index (χ4v) is 2.40. The summed E-state index contributed by atoms with van der Waals surface area (Å²) >= 11 is 3.35. The average Bonchev–Trinajstić information content (AvgIpc) is 2.75. The van der Waals surface area contributed by atoms with E-state index >= 15 is 0 Å². The summed E-state index contributed by atoms with van der Waals surface area (Å²) in [5.41, 5.74) is 6.55. The Hall–Kier alpha value is -1.89. The summed E-state index contributed by atoms with van der Waals surface area (Å²) in [7, 11) is 2.98. The number of halogens is 1. The van der Waals surface area contributed by atoms with Gasteiger partial charge in [-0.2, -0.15) is 0 Å². The van der Waals surface area contributed by atoms with E-state index in [9.17, 15) is 5.11 Å². The molecule has 2 rings (SSSR count). The lowest BCUT2D eigenvalue weighted by molar-refractivity contribution is 0.350. The molecule has 0 saturated heterocycles. The van der Waals surface area contributed by atoms with E-state index in [1.807, 2.05) is 0 Å². The molecule has 0 atom stereocenters. The van der Waals surface area contributed by atoms with Gasteiger partial charge < -0.3 is 24.8 Å². The summed E-state index contributed by atoms with van der Waals surface area (Å²) in [4.78, 5) is 0. The van der Waals surface area contributed by atoms with Gasteiger partial charge in [-0.3, -0.25) is 0 Å². The van der Waals surface area contributed by atoms with Crippen molar-refractivity contribution in [1.29, 1.82) is 0 Å². The largest absolute Gasteiger partial charge is 0.507 e. The number of phenolic OH excluding ortho intramolecular Hbond substituents is 1. The summed E-state index contributed by atoms with van der Waals surface area (Å²) in [6.07, 6.45) is 1.42. The van der Waals surface area contributed by atoms with Crippen LogP contribution in [-0.4, -0.2) is 24.5 Å². The second-order valence-electron chi connectivity index (χ2n) is 3.42. The zero-order chi connectivity index (χ0) is 13.3. The third kappa shape index (κ3) is 1.86. The number of anilines is 1. The first-order chi connectivity index (χ1) is 8.60. The molecule has 0 aliphatic carbocycles. The Kier molecular flexibility index (Phi) is 3.33. The first-order valence-corrected chi connectivity index (χ1v) is 5.73. The Bertz CT molecular complexity index is 583. The Labute approximate surface area is 111 Å². The summed E-state index contributed by atoms with van der Waals surface area (Å²) in [5.74, 6) is 0.944. The Morgan fingerprint density at radius 1 is 1.39 bits per heavy atom. The van der Waals surface area contributed by atoms with Gasteiger partial charge in [0.15, 0.2) is 11.5 Å². The normalized spacial score (nSPS) is 10.4. The first kappa shape index (κ1) is 12.6. The number of nitrogens with two attached hydrogens (primary N) is 1. The van der Waals surface area contributed by atoms with Crippen molar-refractivity contribution < 1.29 is 19.1 Å². The number of hydrogen-bond donors (Lipinski definition) is 2. The van der Waals surface area contributed by atoms with Crippen molar-refractivity contribution in [3.63, 3.8) is 0 Å². The summed E-state index contributed by atoms with van der Waals surface area (Å²) in [5, 5.41) is 13.6. The van der Waals surface area contributed by atoms with Crippen molar-refractivity contribution in [3.8, 4) is 28.4 Å². The van der Waals surface area contributed by atoms with Gasteiger partial charge in [0.2, 0.25) is 5.88 Å². The van der Waals surface area contributed by atoms with Gasteiger partial charge in [-0.25, -0.2) is 0 Å². The molecule has 2 aromatic rings. The van der Waals surface area contributed by atoms with Crippen LogP contribution < -0.4 is 15.2 Å². The highest BCUT2D eigenvalue weighted by molar-refractivity contribution is 9.10. The third-order valence-corrected chi connectivity index (χ3v) is 3.21. The van der Waals surface area contributed by atoms with Gasteiger partial charge in [0.1, 0.15) is 5.75 Å². The van der Waals surface area contributed by atoms with E-state index in [-0.39, 0.29) is 11.6 Å². The molecule has 0 amide bonds. The maximum absolute atomic E-state index is 10.0. The van der Waals surface area contributed by atoms with Crippen molar-refractivity contribution in [2.75, 3.05) is 20.0 Å². The second kappa shape index (κ2) is 4.77. The average molecular weight is 315 g/mol. The van der Waals surface area contributed by atoms with Crippen LogP contribution in [0.2, 0.25) is 0 Å². The number of rotatable bonds is 3. The van der Waals surface area contributed by atoms with E-state index < -0.39 is 0 Å². The monoisotopic (exact) mass is 314 g/mol. The fourth-order valence-electron chi connectivity index (χ4n) is 1.63. The molecule has 0 fully saturated rings. The molecule has 0 spiro atoms. The number of aromatic hydroxyl groups is 1. The van der Waals surface area contributed by atoms with Crippen molar-refractivity contribution in [2.45, 2.75) is 0 Å². The molecule has 18 heavy (non-hydrogen) atoms. The topological polar surface area (TPSA) is 90.7 Å². The molecule has 7 heteroatoms. The van der Waals surface area contributed by atoms with Crippen LogP contribution >= 0.6 is 15.9 Å². The first-order valence-electron chi connectivity index (χ1n) is 4.94. The minimum Gasteiger partial charge on any atom is -0.507 e. The lowest BCUT2D eigenvalue weighted by Crippen LogP contribution is -1.94. The van der Waals surface area contributed by atoms with Gasteiger partial charge in [0.25, 0.3) is 0 Å². The highest BCUT2D eigenvalue weighted by atomic mass is 79.9. The number of ether oxygens (including phenoxy) is 2. The molecule has 1 aromatic carbocycles. The number of benzene rings is 1. The number of aromatic nitrogens is 1. The molecule has 0 unspecified atom stereocenters. The number of phenols is 1. The third-order valence-electron chi connectivity index (χ3n) is 2.46. The number of methoxy groups -OCH3 is 2. The standard InChI is InChI=1S/C11H11BrN2O4/c1-16-7-3-6(15)8(9(12)10(7)17-2)5-4-14-18-11(5)13/h3-4,15H,13H2,1-2H3. The van der Waals surface area contributed by atoms with Gasteiger partial charge >= 0.3 is 0 Å². The van der Waals surface area contributed by atoms with E-state index in [0.717, 1.165) is 0 Å². The lowest BCUT2D eigenvalue weighted by Gasteiger charge is -2.14. The minimum atomic E-state index is -0.0191. The van der Waals surface area contributed by atoms with E-state index in [1.165, 1.54) is 26.5 Å². The molecule has 0 bridgehead atoms. The number of hydrogen-bond acceptors (Lipinski definition) is 6. The molecule has 3 N–H and O–H groups in total. The Morgan fingerprint density at radius 2 is 2.11 bits per heavy atom. The van der Waals surface area contributed by atoms with Crippen LogP contribution in [0.15, 0.2) is 21.3 Å². The lowest BCUT2D eigenvalue weighted by atomic mass is 10.1. The molecule has 1 heterocycles. The van der Waals surface area contributed by atoms with Gasteiger partial charge in [-0.1, -0.05) is 5.16 Å². The van der Waals surface area contributed by atoms with Crippen molar-refractivity contribution in [2.24, 2.45) is 0 Å². The van der Waals surface area contributed by atoms with Crippen LogP contribution in [0.25, 0.3) is 11.1 Å². The molecule has 6 nitrogen and oxygen atoms in total. The Balaban J connectivity index is 2.73. The number of nitrogens with zero attached hydrogens (tertiary/aromatic N) is 1. The predicted molar refractivity (Wildman–Crippen MR) is 68.8 cm³/mol. The summed E-state index contributed by atoms with van der Waals surface area (Å²) in [6.45, 7) is 0. The molecular formula is C11H11BrN2O4. The smallest absolute Gasteiger partial charge is 0.230 e.